The number of hydrogen-bond acceptors (Lipinski definition) is 1. The van der Waals surface area contributed by atoms with Gasteiger partial charge in [-0.05, 0) is 22.6 Å². The van der Waals surface area contributed by atoms with Crippen LogP contribution in [0.1, 0.15) is 31.9 Å². The third-order valence-corrected chi connectivity index (χ3v) is 3.02. The van der Waals surface area contributed by atoms with Gasteiger partial charge < -0.3 is 0 Å². The first kappa shape index (κ1) is 13.0. The van der Waals surface area contributed by atoms with E-state index in [1.807, 2.05) is 18.2 Å². The molecule has 0 bridgehead atoms. The summed E-state index contributed by atoms with van der Waals surface area (Å²) < 4.78 is 0. The maximum absolute atomic E-state index is 9.10. The van der Waals surface area contributed by atoms with Gasteiger partial charge in [-0.1, -0.05) is 61.0 Å². The van der Waals surface area contributed by atoms with Gasteiger partial charge in [0.2, 0.25) is 0 Å². The first-order valence-corrected chi connectivity index (χ1v) is 6.36. The lowest BCUT2D eigenvalue weighted by atomic mass is 9.86. The molecule has 0 amide bonds. The molecule has 0 aliphatic rings. The molecule has 1 nitrogen and oxygen atoms in total. The van der Waals surface area contributed by atoms with Crippen molar-refractivity contribution in [3.05, 3.63) is 41.0 Å². The van der Waals surface area contributed by atoms with Gasteiger partial charge in [0, 0.05) is 10.9 Å². The van der Waals surface area contributed by atoms with E-state index in [2.05, 4.69) is 54.9 Å². The van der Waals surface area contributed by atoms with E-state index in [0.717, 1.165) is 16.5 Å². The fourth-order valence-corrected chi connectivity index (χ4v) is 1.66. The molecule has 16 heavy (non-hydrogen) atoms. The predicted molar refractivity (Wildman–Crippen MR) is 72.1 cm³/mol. The molecular formula is C14H16BrN. The summed E-state index contributed by atoms with van der Waals surface area (Å²) in [5.41, 5.74) is 3.03. The molecule has 0 saturated carbocycles. The summed E-state index contributed by atoms with van der Waals surface area (Å²) in [7, 11) is 0. The van der Waals surface area contributed by atoms with Gasteiger partial charge in [0.25, 0.3) is 0 Å². The van der Waals surface area contributed by atoms with Crippen molar-refractivity contribution in [3.8, 4) is 6.07 Å². The van der Waals surface area contributed by atoms with Crippen LogP contribution in [0.5, 0.6) is 0 Å². The molecule has 0 heterocycles. The van der Waals surface area contributed by atoms with Gasteiger partial charge in [-0.2, -0.15) is 5.26 Å². The summed E-state index contributed by atoms with van der Waals surface area (Å²) >= 11 is 3.41. The third-order valence-electron chi connectivity index (χ3n) is 2.37. The largest absolute Gasteiger partial charge is 0.193 e. The molecule has 0 atom stereocenters. The number of alkyl halides is 1. The van der Waals surface area contributed by atoms with Crippen molar-refractivity contribution >= 4 is 22.0 Å². The number of benzene rings is 1. The fraction of sp³-hybridized carbons (Fsp3) is 0.357. The molecule has 0 aliphatic carbocycles. The van der Waals surface area contributed by atoms with Crippen molar-refractivity contribution < 1.29 is 0 Å². The number of hydrogen-bond donors (Lipinski definition) is 0. The van der Waals surface area contributed by atoms with Crippen LogP contribution in [0.25, 0.3) is 6.08 Å². The topological polar surface area (TPSA) is 23.8 Å². The smallest absolute Gasteiger partial charge is 0.0952 e. The first-order chi connectivity index (χ1) is 7.47. The molecule has 2 heteroatoms. The van der Waals surface area contributed by atoms with Crippen LogP contribution in [-0.2, 0) is 5.33 Å². The molecule has 0 fully saturated rings. The Kier molecular flexibility index (Phi) is 4.32. The molecule has 0 N–H and O–H groups in total. The van der Waals surface area contributed by atoms with Crippen LogP contribution in [0.2, 0.25) is 0 Å². The maximum atomic E-state index is 9.10. The Labute approximate surface area is 106 Å². The highest BCUT2D eigenvalue weighted by Crippen LogP contribution is 2.26. The van der Waals surface area contributed by atoms with Crippen molar-refractivity contribution in [2.45, 2.75) is 26.1 Å². The molecule has 1 aromatic rings. The number of allylic oxidation sites excluding steroid dienone is 1. The lowest BCUT2D eigenvalue weighted by Crippen LogP contribution is -2.07. The second kappa shape index (κ2) is 5.32. The van der Waals surface area contributed by atoms with E-state index in [-0.39, 0.29) is 5.41 Å². The number of halogens is 1. The summed E-state index contributed by atoms with van der Waals surface area (Å²) in [6.07, 6.45) is 1.96. The molecule has 0 unspecified atom stereocenters. The Balaban J connectivity index is 3.02. The molecule has 0 spiro atoms. The number of rotatable bonds is 2. The van der Waals surface area contributed by atoms with Crippen LogP contribution in [0.15, 0.2) is 29.8 Å². The highest BCUT2D eigenvalue weighted by Gasteiger charge is 2.16. The second-order valence-corrected chi connectivity index (χ2v) is 5.36. The van der Waals surface area contributed by atoms with Crippen LogP contribution in [0, 0.1) is 16.7 Å². The van der Waals surface area contributed by atoms with E-state index >= 15 is 0 Å². The van der Waals surface area contributed by atoms with Crippen LogP contribution < -0.4 is 0 Å². The Morgan fingerprint density at radius 2 is 1.88 bits per heavy atom. The van der Waals surface area contributed by atoms with Crippen molar-refractivity contribution in [1.82, 2.24) is 0 Å². The van der Waals surface area contributed by atoms with Crippen LogP contribution in [0.3, 0.4) is 0 Å². The van der Waals surface area contributed by atoms with Crippen molar-refractivity contribution in [3.63, 3.8) is 0 Å². The van der Waals surface area contributed by atoms with Crippen molar-refractivity contribution in [1.29, 1.82) is 5.26 Å². The van der Waals surface area contributed by atoms with Crippen LogP contribution >= 0.6 is 15.9 Å². The van der Waals surface area contributed by atoms with Gasteiger partial charge >= 0.3 is 0 Å². The van der Waals surface area contributed by atoms with E-state index in [0.29, 0.717) is 0 Å². The summed E-state index contributed by atoms with van der Waals surface area (Å²) in [6, 6.07) is 10.5. The van der Waals surface area contributed by atoms with E-state index in [9.17, 15) is 0 Å². The molecule has 84 valence electrons. The minimum atomic E-state index is -0.0944. The molecule has 1 rings (SSSR count). The summed E-state index contributed by atoms with van der Waals surface area (Å²) in [4.78, 5) is 0. The van der Waals surface area contributed by atoms with Crippen LogP contribution in [-0.4, -0.2) is 0 Å². The zero-order valence-electron chi connectivity index (χ0n) is 9.92. The van der Waals surface area contributed by atoms with E-state index in [1.165, 1.54) is 5.56 Å². The van der Waals surface area contributed by atoms with Gasteiger partial charge in [-0.15, -0.1) is 0 Å². The normalized spacial score (nSPS) is 12.3. The molecule has 0 aromatic heterocycles. The van der Waals surface area contributed by atoms with E-state index in [4.69, 9.17) is 5.26 Å². The van der Waals surface area contributed by atoms with E-state index in [1.54, 1.807) is 0 Å². The molecule has 0 aliphatic heterocycles. The van der Waals surface area contributed by atoms with Gasteiger partial charge in [0.15, 0.2) is 0 Å². The Hall–Kier alpha value is -1.07. The average Bonchev–Trinajstić information content (AvgIpc) is 2.25. The molecule has 0 radical (unpaired) electrons. The number of nitriles is 1. The van der Waals surface area contributed by atoms with Gasteiger partial charge in [-0.3, -0.25) is 0 Å². The van der Waals surface area contributed by atoms with Crippen LogP contribution in [0.4, 0.5) is 0 Å². The summed E-state index contributed by atoms with van der Waals surface area (Å²) in [6.45, 7) is 6.15. The molecular weight excluding hydrogens is 262 g/mol. The summed E-state index contributed by atoms with van der Waals surface area (Å²) in [5, 5.41) is 9.96. The zero-order chi connectivity index (χ0) is 12.2. The van der Waals surface area contributed by atoms with E-state index < -0.39 is 0 Å². The third kappa shape index (κ3) is 3.50. The fourth-order valence-electron chi connectivity index (χ4n) is 1.29. The SMILES string of the molecule is CC(C)(C)C(C#N)=Cc1ccc(CBr)cc1. The number of nitrogens with zero attached hydrogens (tertiary/aromatic N) is 1. The maximum Gasteiger partial charge on any atom is 0.0952 e. The Bertz CT molecular complexity index is 416. The standard InChI is InChI=1S/C14H16BrN/c1-14(2,3)13(10-16)8-11-4-6-12(9-15)7-5-11/h4-8H,9H2,1-3H3. The lowest BCUT2D eigenvalue weighted by Gasteiger charge is -2.16. The second-order valence-electron chi connectivity index (χ2n) is 4.80. The van der Waals surface area contributed by atoms with Gasteiger partial charge in [-0.25, -0.2) is 0 Å². The van der Waals surface area contributed by atoms with Gasteiger partial charge in [0.05, 0.1) is 6.07 Å². The highest BCUT2D eigenvalue weighted by atomic mass is 79.9. The van der Waals surface area contributed by atoms with Gasteiger partial charge in [0.1, 0.15) is 0 Å². The molecule has 1 aromatic carbocycles. The predicted octanol–water partition coefficient (Wildman–Crippen LogP) is 4.53. The van der Waals surface area contributed by atoms with Crippen molar-refractivity contribution in [2.75, 3.05) is 0 Å². The highest BCUT2D eigenvalue weighted by molar-refractivity contribution is 9.08. The zero-order valence-corrected chi connectivity index (χ0v) is 11.5. The summed E-state index contributed by atoms with van der Waals surface area (Å²) in [5.74, 6) is 0. The minimum Gasteiger partial charge on any atom is -0.193 e. The molecule has 0 saturated heterocycles. The Morgan fingerprint density at radius 1 is 1.31 bits per heavy atom. The average molecular weight is 278 g/mol. The monoisotopic (exact) mass is 277 g/mol. The Morgan fingerprint density at radius 3 is 2.25 bits per heavy atom. The first-order valence-electron chi connectivity index (χ1n) is 5.24. The lowest BCUT2D eigenvalue weighted by molar-refractivity contribution is 0.523. The quantitative estimate of drug-likeness (QED) is 0.575. The minimum absolute atomic E-state index is 0.0944. The van der Waals surface area contributed by atoms with Crippen molar-refractivity contribution in [2.24, 2.45) is 5.41 Å².